The van der Waals surface area contributed by atoms with Gasteiger partial charge in [0.15, 0.2) is 5.65 Å². The fourth-order valence-electron chi connectivity index (χ4n) is 2.59. The molecule has 0 radical (unpaired) electrons. The molecular weight excluding hydrogens is 323 g/mol. The lowest BCUT2D eigenvalue weighted by atomic mass is 10.4. The minimum Gasteiger partial charge on any atom is -0.345 e. The maximum Gasteiger partial charge on any atom is 0.453 e. The highest BCUT2D eigenvalue weighted by Crippen LogP contribution is 2.33. The van der Waals surface area contributed by atoms with Crippen molar-refractivity contribution in [3.05, 3.63) is 36.2 Å². The van der Waals surface area contributed by atoms with Crippen molar-refractivity contribution in [1.82, 2.24) is 29.4 Å². The van der Waals surface area contributed by atoms with Gasteiger partial charge in [-0.05, 0) is 25.0 Å². The zero-order valence-electron chi connectivity index (χ0n) is 12.8. The van der Waals surface area contributed by atoms with Crippen LogP contribution in [0.2, 0.25) is 0 Å². The Labute approximate surface area is 134 Å². The number of halogens is 3. The van der Waals surface area contributed by atoms with E-state index in [1.165, 1.54) is 6.07 Å². The molecule has 3 aromatic heterocycles. The number of aryl methyl sites for hydroxylation is 1. The molecule has 0 saturated heterocycles. The van der Waals surface area contributed by atoms with Gasteiger partial charge in [0.2, 0.25) is 0 Å². The molecule has 0 aromatic carbocycles. The monoisotopic (exact) mass is 337 g/mol. The summed E-state index contributed by atoms with van der Waals surface area (Å²) >= 11 is 0. The quantitative estimate of drug-likeness (QED) is 0.729. The van der Waals surface area contributed by atoms with Crippen molar-refractivity contribution < 1.29 is 13.2 Å². The van der Waals surface area contributed by atoms with Crippen molar-refractivity contribution in [1.29, 1.82) is 0 Å². The first-order valence-corrected chi connectivity index (χ1v) is 7.46. The Balaban J connectivity index is 1.74. The summed E-state index contributed by atoms with van der Waals surface area (Å²) in [6, 6.07) is 3.43. The number of alkyl halides is 3. The topological polar surface area (TPSA) is 64.1 Å². The average molecular weight is 337 g/mol. The molecule has 24 heavy (non-hydrogen) atoms. The third kappa shape index (κ3) is 2.57. The number of anilines is 1. The molecule has 3 heterocycles. The lowest BCUT2D eigenvalue weighted by Gasteiger charge is -2.23. The maximum atomic E-state index is 13.0. The number of hydrogen-bond acceptors (Lipinski definition) is 5. The molecule has 3 aromatic rings. The van der Waals surface area contributed by atoms with E-state index in [9.17, 15) is 13.2 Å². The van der Waals surface area contributed by atoms with Gasteiger partial charge in [0, 0.05) is 25.5 Å². The molecule has 0 amide bonds. The maximum absolute atomic E-state index is 13.0. The van der Waals surface area contributed by atoms with Crippen LogP contribution in [0, 0.1) is 0 Å². The van der Waals surface area contributed by atoms with E-state index in [1.54, 1.807) is 12.3 Å². The number of rotatable bonds is 4. The normalized spacial score (nSPS) is 15.2. The number of nitrogens with zero attached hydrogens (tertiary/aromatic N) is 7. The fourth-order valence-corrected chi connectivity index (χ4v) is 2.59. The van der Waals surface area contributed by atoms with Crippen molar-refractivity contribution in [2.24, 2.45) is 7.05 Å². The van der Waals surface area contributed by atoms with Crippen LogP contribution in [0.3, 0.4) is 0 Å². The second-order valence-corrected chi connectivity index (χ2v) is 5.80. The Hall–Kier alpha value is -2.65. The summed E-state index contributed by atoms with van der Waals surface area (Å²) in [5.41, 5.74) is 0.0683. The zero-order chi connectivity index (χ0) is 16.9. The molecule has 0 aliphatic heterocycles. The van der Waals surface area contributed by atoms with Crippen molar-refractivity contribution in [2.75, 3.05) is 4.90 Å². The summed E-state index contributed by atoms with van der Waals surface area (Å²) in [5, 5.41) is 10.9. The van der Waals surface area contributed by atoms with Gasteiger partial charge in [-0.3, -0.25) is 0 Å². The van der Waals surface area contributed by atoms with Crippen LogP contribution < -0.4 is 4.90 Å². The lowest BCUT2D eigenvalue weighted by Crippen LogP contribution is -2.28. The van der Waals surface area contributed by atoms with E-state index in [0.717, 1.165) is 23.2 Å². The van der Waals surface area contributed by atoms with Crippen LogP contribution in [0.4, 0.5) is 19.0 Å². The molecule has 126 valence electrons. The zero-order valence-corrected chi connectivity index (χ0v) is 12.8. The van der Waals surface area contributed by atoms with Crippen LogP contribution in [0.25, 0.3) is 5.65 Å². The number of aromatic nitrogens is 6. The van der Waals surface area contributed by atoms with E-state index in [1.807, 2.05) is 22.7 Å². The van der Waals surface area contributed by atoms with Gasteiger partial charge < -0.3 is 9.47 Å². The van der Waals surface area contributed by atoms with Gasteiger partial charge >= 0.3 is 6.18 Å². The Morgan fingerprint density at radius 1 is 1.25 bits per heavy atom. The van der Waals surface area contributed by atoms with E-state index < -0.39 is 12.0 Å². The Morgan fingerprint density at radius 2 is 2.04 bits per heavy atom. The minimum atomic E-state index is -4.60. The summed E-state index contributed by atoms with van der Waals surface area (Å²) in [6.07, 6.45) is 0.892. The molecule has 1 saturated carbocycles. The molecule has 4 rings (SSSR count). The highest BCUT2D eigenvalue weighted by molar-refractivity contribution is 5.47. The fraction of sp³-hybridized carbons (Fsp3) is 0.429. The van der Waals surface area contributed by atoms with Crippen molar-refractivity contribution in [3.63, 3.8) is 0 Å². The molecule has 1 aliphatic carbocycles. The molecule has 7 nitrogen and oxygen atoms in total. The van der Waals surface area contributed by atoms with E-state index in [4.69, 9.17) is 0 Å². The van der Waals surface area contributed by atoms with Crippen LogP contribution in [-0.4, -0.2) is 35.4 Å². The van der Waals surface area contributed by atoms with Crippen molar-refractivity contribution in [2.45, 2.75) is 31.6 Å². The van der Waals surface area contributed by atoms with Crippen LogP contribution in [0.15, 0.2) is 24.5 Å². The van der Waals surface area contributed by atoms with Crippen LogP contribution >= 0.6 is 0 Å². The molecule has 0 atom stereocenters. The Morgan fingerprint density at radius 3 is 2.67 bits per heavy atom. The number of hydrogen-bond donors (Lipinski definition) is 0. The molecular formula is C14H14F3N7. The van der Waals surface area contributed by atoms with Gasteiger partial charge in [0.25, 0.3) is 5.82 Å². The summed E-state index contributed by atoms with van der Waals surface area (Å²) in [6.45, 7) is 0.482. The molecule has 1 fully saturated rings. The van der Waals surface area contributed by atoms with Crippen LogP contribution in [0.1, 0.15) is 24.5 Å². The summed E-state index contributed by atoms with van der Waals surface area (Å²) in [5.74, 6) is 0.161. The predicted molar refractivity (Wildman–Crippen MR) is 78.2 cm³/mol. The van der Waals surface area contributed by atoms with Crippen molar-refractivity contribution in [3.8, 4) is 0 Å². The van der Waals surface area contributed by atoms with E-state index in [0.29, 0.717) is 12.4 Å². The Bertz CT molecular complexity index is 878. The predicted octanol–water partition coefficient (Wildman–Crippen LogP) is 2.05. The summed E-state index contributed by atoms with van der Waals surface area (Å²) in [4.78, 5) is 6.26. The summed E-state index contributed by atoms with van der Waals surface area (Å²) < 4.78 is 41.7. The Kier molecular flexibility index (Phi) is 3.22. The third-order valence-electron chi connectivity index (χ3n) is 4.02. The van der Waals surface area contributed by atoms with Gasteiger partial charge in [-0.25, -0.2) is 4.98 Å². The highest BCUT2D eigenvalue weighted by Gasteiger charge is 2.38. The molecule has 0 unspecified atom stereocenters. The van der Waals surface area contributed by atoms with Gasteiger partial charge in [-0.15, -0.1) is 15.3 Å². The summed E-state index contributed by atoms with van der Waals surface area (Å²) in [7, 11) is 1.88. The van der Waals surface area contributed by atoms with Gasteiger partial charge in [-0.1, -0.05) is 0 Å². The molecule has 10 heteroatoms. The van der Waals surface area contributed by atoms with Crippen molar-refractivity contribution >= 4 is 11.5 Å². The number of imidazole rings is 1. The smallest absolute Gasteiger partial charge is 0.345 e. The largest absolute Gasteiger partial charge is 0.453 e. The third-order valence-corrected chi connectivity index (χ3v) is 4.02. The lowest BCUT2D eigenvalue weighted by molar-refractivity contribution is -0.146. The highest BCUT2D eigenvalue weighted by atomic mass is 19.4. The first kappa shape index (κ1) is 14.9. The SMILES string of the molecule is Cn1ccnc1CN(c1ccc2nnc(C(F)(F)F)n2n1)C1CC1. The van der Waals surface area contributed by atoms with Crippen LogP contribution in [-0.2, 0) is 19.8 Å². The standard InChI is InChI=1S/C14H14F3N7/c1-22-7-6-18-12(22)8-23(9-2-3-9)11-5-4-10-19-20-13(14(15,16)17)24(10)21-11/h4-7,9H,2-3,8H2,1H3. The van der Waals surface area contributed by atoms with Gasteiger partial charge in [0.1, 0.15) is 11.6 Å². The second kappa shape index (κ2) is 5.18. The second-order valence-electron chi connectivity index (χ2n) is 5.80. The minimum absolute atomic E-state index is 0.0683. The molecule has 1 aliphatic rings. The van der Waals surface area contributed by atoms with Gasteiger partial charge in [0.05, 0.1) is 6.54 Å². The average Bonchev–Trinajstić information content (AvgIpc) is 3.13. The van der Waals surface area contributed by atoms with Crippen LogP contribution in [0.5, 0.6) is 0 Å². The molecule has 0 N–H and O–H groups in total. The van der Waals surface area contributed by atoms with E-state index in [-0.39, 0.29) is 11.7 Å². The molecule has 0 spiro atoms. The van der Waals surface area contributed by atoms with E-state index in [2.05, 4.69) is 20.3 Å². The molecule has 0 bridgehead atoms. The van der Waals surface area contributed by atoms with E-state index >= 15 is 0 Å². The first-order chi connectivity index (χ1) is 11.4. The first-order valence-electron chi connectivity index (χ1n) is 7.46. The number of fused-ring (bicyclic) bond motifs is 1. The van der Waals surface area contributed by atoms with Gasteiger partial charge in [-0.2, -0.15) is 17.7 Å².